The first-order chi connectivity index (χ1) is 9.09. The normalized spacial score (nSPS) is 19.8. The highest BCUT2D eigenvalue weighted by Gasteiger charge is 2.37. The number of piperidine rings is 1. The molecule has 1 aliphatic rings. The van der Waals surface area contributed by atoms with Crippen molar-refractivity contribution in [2.45, 2.75) is 38.1 Å². The van der Waals surface area contributed by atoms with Crippen molar-refractivity contribution in [3.63, 3.8) is 0 Å². The Labute approximate surface area is 125 Å². The third-order valence-electron chi connectivity index (χ3n) is 4.45. The second-order valence-electron chi connectivity index (χ2n) is 5.92. The third-order valence-corrected chi connectivity index (χ3v) is 5.14. The molecule has 2 rings (SSSR count). The summed E-state index contributed by atoms with van der Waals surface area (Å²) in [5.41, 5.74) is 1.74. The Morgan fingerprint density at radius 1 is 1.26 bits per heavy atom. The summed E-state index contributed by atoms with van der Waals surface area (Å²) < 4.78 is 1.25. The fourth-order valence-corrected chi connectivity index (χ4v) is 3.94. The molecule has 0 unspecified atom stereocenters. The van der Waals surface area contributed by atoms with Gasteiger partial charge in [0.15, 0.2) is 0 Å². The monoisotopic (exact) mass is 324 g/mol. The molecule has 0 radical (unpaired) electrons. The fourth-order valence-electron chi connectivity index (χ4n) is 3.24. The number of hydrogen-bond donors (Lipinski definition) is 1. The van der Waals surface area contributed by atoms with Crippen molar-refractivity contribution in [1.29, 1.82) is 0 Å². The highest BCUT2D eigenvalue weighted by molar-refractivity contribution is 9.10. The van der Waals surface area contributed by atoms with Gasteiger partial charge in [0.2, 0.25) is 0 Å². The van der Waals surface area contributed by atoms with Crippen molar-refractivity contribution in [2.24, 2.45) is 0 Å². The van der Waals surface area contributed by atoms with Gasteiger partial charge in [0.25, 0.3) is 0 Å². The minimum Gasteiger partial charge on any atom is -0.319 e. The largest absolute Gasteiger partial charge is 0.319 e. The van der Waals surface area contributed by atoms with Gasteiger partial charge in [-0.25, -0.2) is 0 Å². The minimum atomic E-state index is 0.278. The average Bonchev–Trinajstić information content (AvgIpc) is 2.40. The van der Waals surface area contributed by atoms with Gasteiger partial charge in [-0.15, -0.1) is 0 Å². The van der Waals surface area contributed by atoms with Crippen molar-refractivity contribution in [2.75, 3.05) is 26.7 Å². The van der Waals surface area contributed by atoms with E-state index in [1.165, 1.54) is 36.0 Å². The molecule has 1 saturated heterocycles. The Morgan fingerprint density at radius 2 is 1.89 bits per heavy atom. The molecule has 1 aromatic rings. The molecule has 0 aromatic heterocycles. The molecule has 3 heteroatoms. The van der Waals surface area contributed by atoms with Gasteiger partial charge in [-0.2, -0.15) is 0 Å². The topological polar surface area (TPSA) is 15.3 Å². The van der Waals surface area contributed by atoms with Crippen molar-refractivity contribution >= 4 is 15.9 Å². The zero-order valence-corrected chi connectivity index (χ0v) is 13.8. The molecule has 1 aromatic carbocycles. The SMILES string of the molecule is CNCC1(c2ccccc2Br)CCN(C(C)C)CC1. The lowest BCUT2D eigenvalue weighted by molar-refractivity contribution is 0.128. The van der Waals surface area contributed by atoms with E-state index in [2.05, 4.69) is 71.3 Å². The smallest absolute Gasteiger partial charge is 0.0213 e. The lowest BCUT2D eigenvalue weighted by atomic mass is 9.72. The molecular weight excluding hydrogens is 300 g/mol. The van der Waals surface area contributed by atoms with E-state index in [1.807, 2.05) is 0 Å². The number of nitrogens with one attached hydrogen (secondary N) is 1. The summed E-state index contributed by atoms with van der Waals surface area (Å²) in [4.78, 5) is 2.59. The van der Waals surface area contributed by atoms with E-state index >= 15 is 0 Å². The van der Waals surface area contributed by atoms with Gasteiger partial charge in [-0.05, 0) is 58.5 Å². The highest BCUT2D eigenvalue weighted by Crippen LogP contribution is 2.39. The standard InChI is InChI=1S/C16H25BrN2/c1-13(2)19-10-8-16(9-11-19,12-18-3)14-6-4-5-7-15(14)17/h4-7,13,18H,8-12H2,1-3H3. The zero-order chi connectivity index (χ0) is 13.9. The number of hydrogen-bond acceptors (Lipinski definition) is 2. The number of likely N-dealkylation sites (tertiary alicyclic amines) is 1. The molecule has 1 N–H and O–H groups in total. The number of rotatable bonds is 4. The lowest BCUT2D eigenvalue weighted by Gasteiger charge is -2.44. The van der Waals surface area contributed by atoms with Crippen molar-refractivity contribution in [3.05, 3.63) is 34.3 Å². The second-order valence-corrected chi connectivity index (χ2v) is 6.77. The molecule has 1 aliphatic heterocycles. The first kappa shape index (κ1) is 15.0. The van der Waals surface area contributed by atoms with E-state index in [1.54, 1.807) is 0 Å². The van der Waals surface area contributed by atoms with Crippen molar-refractivity contribution in [1.82, 2.24) is 10.2 Å². The van der Waals surface area contributed by atoms with E-state index in [4.69, 9.17) is 0 Å². The maximum Gasteiger partial charge on any atom is 0.0213 e. The average molecular weight is 325 g/mol. The maximum absolute atomic E-state index is 3.74. The van der Waals surface area contributed by atoms with Gasteiger partial charge in [-0.1, -0.05) is 34.1 Å². The predicted molar refractivity (Wildman–Crippen MR) is 85.7 cm³/mol. The van der Waals surface area contributed by atoms with Crippen LogP contribution in [0.1, 0.15) is 32.3 Å². The summed E-state index contributed by atoms with van der Waals surface area (Å²) in [5, 5.41) is 3.41. The molecule has 0 aliphatic carbocycles. The lowest BCUT2D eigenvalue weighted by Crippen LogP contribution is -2.49. The van der Waals surface area contributed by atoms with E-state index in [0.29, 0.717) is 6.04 Å². The summed E-state index contributed by atoms with van der Waals surface area (Å²) >= 11 is 3.74. The van der Waals surface area contributed by atoms with E-state index in [-0.39, 0.29) is 5.41 Å². The molecule has 19 heavy (non-hydrogen) atoms. The Morgan fingerprint density at radius 3 is 2.42 bits per heavy atom. The van der Waals surface area contributed by atoms with Gasteiger partial charge < -0.3 is 10.2 Å². The van der Waals surface area contributed by atoms with Crippen LogP contribution in [0.3, 0.4) is 0 Å². The molecule has 1 fully saturated rings. The summed E-state index contributed by atoms with van der Waals surface area (Å²) in [6.07, 6.45) is 2.46. The molecular formula is C16H25BrN2. The summed E-state index contributed by atoms with van der Waals surface area (Å²) in [6.45, 7) is 8.04. The van der Waals surface area contributed by atoms with Gasteiger partial charge in [0, 0.05) is 22.5 Å². The Bertz CT molecular complexity index is 409. The molecule has 0 amide bonds. The first-order valence-corrected chi connectivity index (χ1v) is 8.02. The molecule has 1 heterocycles. The Balaban J connectivity index is 2.23. The molecule has 0 atom stereocenters. The Kier molecular flexibility index (Phi) is 5.04. The van der Waals surface area contributed by atoms with Crippen LogP contribution in [0.15, 0.2) is 28.7 Å². The summed E-state index contributed by atoms with van der Waals surface area (Å²) in [5.74, 6) is 0. The van der Waals surface area contributed by atoms with Crippen LogP contribution in [0.25, 0.3) is 0 Å². The predicted octanol–water partition coefficient (Wildman–Crippen LogP) is 3.41. The van der Waals surface area contributed by atoms with E-state index in [9.17, 15) is 0 Å². The second kappa shape index (κ2) is 6.38. The van der Waals surface area contributed by atoms with Crippen LogP contribution in [-0.2, 0) is 5.41 Å². The van der Waals surface area contributed by atoms with Gasteiger partial charge in [0.1, 0.15) is 0 Å². The number of likely N-dealkylation sites (N-methyl/N-ethyl adjacent to an activating group) is 1. The van der Waals surface area contributed by atoms with Crippen LogP contribution >= 0.6 is 15.9 Å². The molecule has 2 nitrogen and oxygen atoms in total. The zero-order valence-electron chi connectivity index (χ0n) is 12.2. The Hall–Kier alpha value is -0.380. The number of nitrogens with zero attached hydrogens (tertiary/aromatic N) is 1. The van der Waals surface area contributed by atoms with Crippen molar-refractivity contribution < 1.29 is 0 Å². The van der Waals surface area contributed by atoms with Crippen molar-refractivity contribution in [3.8, 4) is 0 Å². The van der Waals surface area contributed by atoms with E-state index < -0.39 is 0 Å². The molecule has 0 spiro atoms. The highest BCUT2D eigenvalue weighted by atomic mass is 79.9. The van der Waals surface area contributed by atoms with Gasteiger partial charge >= 0.3 is 0 Å². The van der Waals surface area contributed by atoms with Crippen LogP contribution in [0.4, 0.5) is 0 Å². The van der Waals surface area contributed by atoms with E-state index in [0.717, 1.165) is 6.54 Å². The molecule has 0 saturated carbocycles. The minimum absolute atomic E-state index is 0.278. The van der Waals surface area contributed by atoms with Crippen LogP contribution in [0.5, 0.6) is 0 Å². The van der Waals surface area contributed by atoms with Crippen LogP contribution < -0.4 is 5.32 Å². The van der Waals surface area contributed by atoms with Gasteiger partial charge in [-0.3, -0.25) is 0 Å². The van der Waals surface area contributed by atoms with Gasteiger partial charge in [0.05, 0.1) is 0 Å². The van der Waals surface area contributed by atoms with Crippen LogP contribution in [0, 0.1) is 0 Å². The number of benzene rings is 1. The maximum atomic E-state index is 3.74. The first-order valence-electron chi connectivity index (χ1n) is 7.23. The molecule has 106 valence electrons. The molecule has 0 bridgehead atoms. The van der Waals surface area contributed by atoms with Crippen LogP contribution in [-0.4, -0.2) is 37.6 Å². The summed E-state index contributed by atoms with van der Waals surface area (Å²) in [6, 6.07) is 9.37. The number of halogens is 1. The van der Waals surface area contributed by atoms with Crippen LogP contribution in [0.2, 0.25) is 0 Å². The fraction of sp³-hybridized carbons (Fsp3) is 0.625. The quantitative estimate of drug-likeness (QED) is 0.913. The summed E-state index contributed by atoms with van der Waals surface area (Å²) in [7, 11) is 2.06. The third kappa shape index (κ3) is 3.21.